The molecule has 0 radical (unpaired) electrons. The highest BCUT2D eigenvalue weighted by Gasteiger charge is 2.37. The summed E-state index contributed by atoms with van der Waals surface area (Å²) in [5, 5.41) is 12.8. The molecule has 0 spiro atoms. The van der Waals surface area contributed by atoms with Crippen LogP contribution >= 0.6 is 0 Å². The lowest BCUT2D eigenvalue weighted by Crippen LogP contribution is -2.38. The largest absolute Gasteiger partial charge is 0.476 e. The molecular formula is C19H27N5O3S. The Bertz CT molecular complexity index is 950. The maximum absolute atomic E-state index is 12.9. The predicted octanol–water partition coefficient (Wildman–Crippen LogP) is 2.36. The molecule has 28 heavy (non-hydrogen) atoms. The van der Waals surface area contributed by atoms with Crippen molar-refractivity contribution in [3.63, 3.8) is 0 Å². The zero-order chi connectivity index (χ0) is 19.1. The van der Waals surface area contributed by atoms with Crippen LogP contribution in [-0.2, 0) is 10.0 Å². The molecule has 1 saturated heterocycles. The Morgan fingerprint density at radius 1 is 1.04 bits per heavy atom. The fourth-order valence-electron chi connectivity index (χ4n) is 4.40. The van der Waals surface area contributed by atoms with E-state index in [9.17, 15) is 8.42 Å². The molecule has 0 N–H and O–H groups in total. The van der Waals surface area contributed by atoms with Gasteiger partial charge in [0.05, 0.1) is 11.9 Å². The van der Waals surface area contributed by atoms with Gasteiger partial charge < -0.3 is 4.74 Å². The Morgan fingerprint density at radius 3 is 2.64 bits per heavy atom. The van der Waals surface area contributed by atoms with E-state index in [4.69, 9.17) is 4.74 Å². The van der Waals surface area contributed by atoms with Crippen LogP contribution in [0.4, 0.5) is 0 Å². The number of rotatable bonds is 6. The molecule has 3 fully saturated rings. The number of fused-ring (bicyclic) bond motifs is 1. The van der Waals surface area contributed by atoms with E-state index >= 15 is 0 Å². The van der Waals surface area contributed by atoms with E-state index < -0.39 is 10.0 Å². The average Bonchev–Trinajstić information content (AvgIpc) is 3.28. The predicted molar refractivity (Wildman–Crippen MR) is 104 cm³/mol. The van der Waals surface area contributed by atoms with Crippen LogP contribution in [0.2, 0.25) is 0 Å². The molecule has 1 atom stereocenters. The van der Waals surface area contributed by atoms with Gasteiger partial charge in [-0.15, -0.1) is 15.3 Å². The highest BCUT2D eigenvalue weighted by atomic mass is 32.2. The van der Waals surface area contributed by atoms with Gasteiger partial charge in [-0.3, -0.25) is 0 Å². The third-order valence-corrected chi connectivity index (χ3v) is 8.62. The molecule has 2 aromatic rings. The van der Waals surface area contributed by atoms with Crippen LogP contribution in [0.3, 0.4) is 0 Å². The standard InChI is InChI=1S/C19H27N5O3S/c25-28(26,16-4-2-1-3-5-16)23-11-10-14(12-23)13-27-18-9-8-17-20-21-19(15-6-7-15)24(17)22-18/h8-9,14-16H,1-7,10-13H2. The van der Waals surface area contributed by atoms with Crippen LogP contribution in [-0.4, -0.2) is 57.5 Å². The summed E-state index contributed by atoms with van der Waals surface area (Å²) >= 11 is 0. The lowest BCUT2D eigenvalue weighted by atomic mass is 10.0. The second-order valence-corrected chi connectivity index (χ2v) is 10.6. The SMILES string of the molecule is O=S(=O)(C1CCCCC1)N1CCC(COc2ccc3nnc(C4CC4)n3n2)C1. The van der Waals surface area contributed by atoms with Gasteiger partial charge in [0, 0.05) is 31.0 Å². The molecule has 1 aliphatic heterocycles. The van der Waals surface area contributed by atoms with Crippen molar-refractivity contribution >= 4 is 15.7 Å². The summed E-state index contributed by atoms with van der Waals surface area (Å²) in [6, 6.07) is 3.68. The second-order valence-electron chi connectivity index (χ2n) is 8.40. The Morgan fingerprint density at radius 2 is 1.86 bits per heavy atom. The molecule has 0 amide bonds. The van der Waals surface area contributed by atoms with Crippen molar-refractivity contribution in [3.8, 4) is 5.88 Å². The van der Waals surface area contributed by atoms with Crippen molar-refractivity contribution in [1.29, 1.82) is 0 Å². The minimum atomic E-state index is -3.17. The average molecular weight is 406 g/mol. The number of aromatic nitrogens is 4. The molecule has 0 bridgehead atoms. The van der Waals surface area contributed by atoms with Gasteiger partial charge in [0.1, 0.15) is 0 Å². The van der Waals surface area contributed by atoms with E-state index in [0.29, 0.717) is 31.5 Å². The van der Waals surface area contributed by atoms with Crippen LogP contribution in [0.1, 0.15) is 63.1 Å². The van der Waals surface area contributed by atoms with Gasteiger partial charge in [0.15, 0.2) is 11.5 Å². The molecule has 3 heterocycles. The number of hydrogen-bond acceptors (Lipinski definition) is 6. The maximum Gasteiger partial charge on any atom is 0.231 e. The molecule has 1 unspecified atom stereocenters. The molecule has 0 aromatic carbocycles. The first-order valence-electron chi connectivity index (χ1n) is 10.5. The minimum absolute atomic E-state index is 0.181. The van der Waals surface area contributed by atoms with Gasteiger partial charge in [0.25, 0.3) is 0 Å². The smallest absolute Gasteiger partial charge is 0.231 e. The van der Waals surface area contributed by atoms with E-state index in [0.717, 1.165) is 62.8 Å². The van der Waals surface area contributed by atoms with Crippen molar-refractivity contribution in [2.24, 2.45) is 5.92 Å². The van der Waals surface area contributed by atoms with Crippen molar-refractivity contribution in [1.82, 2.24) is 24.1 Å². The monoisotopic (exact) mass is 405 g/mol. The van der Waals surface area contributed by atoms with E-state index in [-0.39, 0.29) is 11.2 Å². The summed E-state index contributed by atoms with van der Waals surface area (Å²) < 4.78 is 35.2. The molecule has 2 aromatic heterocycles. The first-order valence-corrected chi connectivity index (χ1v) is 12.0. The summed E-state index contributed by atoms with van der Waals surface area (Å²) in [5.74, 6) is 2.12. The summed E-state index contributed by atoms with van der Waals surface area (Å²) in [6.45, 7) is 1.65. The third kappa shape index (κ3) is 3.50. The van der Waals surface area contributed by atoms with Crippen LogP contribution in [0.15, 0.2) is 12.1 Å². The van der Waals surface area contributed by atoms with E-state index in [2.05, 4.69) is 15.3 Å². The molecular weight excluding hydrogens is 378 g/mol. The minimum Gasteiger partial charge on any atom is -0.476 e. The van der Waals surface area contributed by atoms with Crippen molar-refractivity contribution < 1.29 is 13.2 Å². The summed E-state index contributed by atoms with van der Waals surface area (Å²) in [5.41, 5.74) is 0.736. The van der Waals surface area contributed by atoms with Crippen molar-refractivity contribution in [3.05, 3.63) is 18.0 Å². The van der Waals surface area contributed by atoms with Gasteiger partial charge in [-0.25, -0.2) is 12.7 Å². The number of sulfonamides is 1. The quantitative estimate of drug-likeness (QED) is 0.733. The van der Waals surface area contributed by atoms with Crippen LogP contribution in [0, 0.1) is 5.92 Å². The molecule has 2 aliphatic carbocycles. The topological polar surface area (TPSA) is 89.7 Å². The highest BCUT2D eigenvalue weighted by molar-refractivity contribution is 7.89. The number of nitrogens with zero attached hydrogens (tertiary/aromatic N) is 5. The molecule has 9 heteroatoms. The van der Waals surface area contributed by atoms with Crippen LogP contribution in [0.25, 0.3) is 5.65 Å². The van der Waals surface area contributed by atoms with Gasteiger partial charge in [0.2, 0.25) is 15.9 Å². The summed E-state index contributed by atoms with van der Waals surface area (Å²) in [7, 11) is -3.17. The second kappa shape index (κ2) is 7.26. The Balaban J connectivity index is 1.21. The molecule has 152 valence electrons. The highest BCUT2D eigenvalue weighted by Crippen LogP contribution is 2.38. The Hall–Kier alpha value is -1.74. The van der Waals surface area contributed by atoms with E-state index in [1.807, 2.05) is 12.1 Å². The van der Waals surface area contributed by atoms with Crippen LogP contribution < -0.4 is 4.74 Å². The Labute approximate surface area is 165 Å². The first kappa shape index (κ1) is 18.3. The van der Waals surface area contributed by atoms with E-state index in [1.54, 1.807) is 8.82 Å². The van der Waals surface area contributed by atoms with E-state index in [1.165, 1.54) is 0 Å². The number of ether oxygens (including phenoxy) is 1. The van der Waals surface area contributed by atoms with Crippen molar-refractivity contribution in [2.45, 2.75) is 62.5 Å². The van der Waals surface area contributed by atoms with Gasteiger partial charge in [-0.1, -0.05) is 19.3 Å². The fourth-order valence-corrected chi connectivity index (χ4v) is 6.53. The zero-order valence-electron chi connectivity index (χ0n) is 16.0. The molecule has 8 nitrogen and oxygen atoms in total. The molecule has 2 saturated carbocycles. The van der Waals surface area contributed by atoms with Gasteiger partial charge in [-0.05, 0) is 38.2 Å². The van der Waals surface area contributed by atoms with Crippen molar-refractivity contribution in [2.75, 3.05) is 19.7 Å². The number of hydrogen-bond donors (Lipinski definition) is 0. The third-order valence-electron chi connectivity index (χ3n) is 6.25. The summed E-state index contributed by atoms with van der Waals surface area (Å²) in [6.07, 6.45) is 7.97. The van der Waals surface area contributed by atoms with Crippen LogP contribution in [0.5, 0.6) is 5.88 Å². The lowest BCUT2D eigenvalue weighted by molar-refractivity contribution is 0.243. The molecule has 5 rings (SSSR count). The summed E-state index contributed by atoms with van der Waals surface area (Å²) in [4.78, 5) is 0. The zero-order valence-corrected chi connectivity index (χ0v) is 16.9. The van der Waals surface area contributed by atoms with Gasteiger partial charge >= 0.3 is 0 Å². The fraction of sp³-hybridized carbons (Fsp3) is 0.737. The lowest BCUT2D eigenvalue weighted by Gasteiger charge is -2.27. The Kier molecular flexibility index (Phi) is 4.74. The maximum atomic E-state index is 12.9. The normalized spacial score (nSPS) is 24.8. The first-order chi connectivity index (χ1) is 13.6. The molecule has 3 aliphatic rings. The van der Waals surface area contributed by atoms with Gasteiger partial charge in [-0.2, -0.15) is 4.52 Å².